The molecular formula is C11H11NY-2. The minimum Gasteiger partial charge on any atom is -0.479 e. The average Bonchev–Trinajstić information content (AvgIpc) is 2.43. The zero-order valence-corrected chi connectivity index (χ0v) is 10.3. The maximum Gasteiger partial charge on any atom is 0 e. The molecule has 65 valence electrons. The minimum atomic E-state index is 0. The second-order valence-corrected chi connectivity index (χ2v) is 2.96. The Morgan fingerprint density at radius 3 is 3.08 bits per heavy atom. The molecular weight excluding hydrogens is 235 g/mol. The molecule has 0 bridgehead atoms. The van der Waals surface area contributed by atoms with Gasteiger partial charge in [-0.3, -0.25) is 6.08 Å². The second kappa shape index (κ2) is 4.92. The van der Waals surface area contributed by atoms with Crippen LogP contribution in [0.25, 0.3) is 0 Å². The van der Waals surface area contributed by atoms with Crippen molar-refractivity contribution in [3.63, 3.8) is 0 Å². The fraction of sp³-hybridized carbons (Fsp3) is 0.273. The number of hydrogen-bond donors (Lipinski definition) is 1. The van der Waals surface area contributed by atoms with Crippen LogP contribution in [0.2, 0.25) is 0 Å². The van der Waals surface area contributed by atoms with Gasteiger partial charge in [-0.1, -0.05) is 6.42 Å². The van der Waals surface area contributed by atoms with E-state index in [2.05, 4.69) is 23.5 Å². The first-order chi connectivity index (χ1) is 5.90. The molecule has 0 aromatic heterocycles. The molecule has 0 unspecified atom stereocenters. The third-order valence-corrected chi connectivity index (χ3v) is 2.18. The maximum atomic E-state index is 5.42. The quantitative estimate of drug-likeness (QED) is 0.697. The zero-order chi connectivity index (χ0) is 8.39. The van der Waals surface area contributed by atoms with Gasteiger partial charge in [0.2, 0.25) is 0 Å². The van der Waals surface area contributed by atoms with Crippen molar-refractivity contribution < 1.29 is 32.7 Å². The van der Waals surface area contributed by atoms with Crippen molar-refractivity contribution in [3.05, 3.63) is 47.7 Å². The summed E-state index contributed by atoms with van der Waals surface area (Å²) in [6.07, 6.45) is 11.4. The van der Waals surface area contributed by atoms with E-state index in [1.807, 2.05) is 0 Å². The number of hydrogen-bond acceptors (Lipinski definition) is 1. The molecule has 1 radical (unpaired) electrons. The van der Waals surface area contributed by atoms with Crippen LogP contribution in [0, 0.1) is 12.7 Å². The SMILES string of the molecule is [CH-]=CC1=[C-]C2=CCC=C2CCN1.[Y]. The van der Waals surface area contributed by atoms with Crippen LogP contribution in [0.15, 0.2) is 35.1 Å². The Labute approximate surface area is 105 Å². The molecule has 13 heavy (non-hydrogen) atoms. The molecule has 2 heteroatoms. The molecule has 1 aliphatic heterocycles. The summed E-state index contributed by atoms with van der Waals surface area (Å²) >= 11 is 0. The Morgan fingerprint density at radius 1 is 1.46 bits per heavy atom. The molecule has 1 N–H and O–H groups in total. The van der Waals surface area contributed by atoms with Gasteiger partial charge >= 0.3 is 0 Å². The molecule has 1 heterocycles. The summed E-state index contributed by atoms with van der Waals surface area (Å²) in [5.74, 6) is 0. The van der Waals surface area contributed by atoms with Crippen LogP contribution in [-0.4, -0.2) is 6.54 Å². The van der Waals surface area contributed by atoms with E-state index in [4.69, 9.17) is 6.58 Å². The molecule has 2 aliphatic rings. The molecule has 2 rings (SSSR count). The third-order valence-electron chi connectivity index (χ3n) is 2.18. The maximum absolute atomic E-state index is 5.42. The van der Waals surface area contributed by atoms with Crippen molar-refractivity contribution in [3.8, 4) is 0 Å². The topological polar surface area (TPSA) is 12.0 Å². The molecule has 0 aromatic rings. The van der Waals surface area contributed by atoms with E-state index >= 15 is 0 Å². The van der Waals surface area contributed by atoms with Gasteiger partial charge in [0.1, 0.15) is 0 Å². The molecule has 0 atom stereocenters. The van der Waals surface area contributed by atoms with Gasteiger partial charge in [-0.2, -0.15) is 11.6 Å². The Kier molecular flexibility index (Phi) is 4.14. The molecule has 0 amide bonds. The van der Waals surface area contributed by atoms with Gasteiger partial charge in [0.25, 0.3) is 0 Å². The summed E-state index contributed by atoms with van der Waals surface area (Å²) in [7, 11) is 0. The third kappa shape index (κ3) is 2.41. The molecule has 0 aromatic carbocycles. The largest absolute Gasteiger partial charge is 0.479 e. The van der Waals surface area contributed by atoms with E-state index in [1.165, 1.54) is 11.1 Å². The summed E-state index contributed by atoms with van der Waals surface area (Å²) < 4.78 is 0. The molecule has 0 fully saturated rings. The standard InChI is InChI=1S/C11H11N.Y/c1-2-11-8-10-5-3-4-9(10)6-7-12-11;/h1-2,4-5,12H,3,6-7H2;/q-2;. The van der Waals surface area contributed by atoms with E-state index < -0.39 is 0 Å². The number of nitrogens with one attached hydrogen (secondary N) is 1. The van der Waals surface area contributed by atoms with Crippen molar-refractivity contribution in [2.75, 3.05) is 6.54 Å². The normalized spacial score (nSPS) is 19.5. The number of fused-ring (bicyclic) bond motifs is 1. The van der Waals surface area contributed by atoms with E-state index in [0.29, 0.717) is 0 Å². The van der Waals surface area contributed by atoms with Crippen molar-refractivity contribution in [1.82, 2.24) is 5.32 Å². The van der Waals surface area contributed by atoms with Crippen LogP contribution in [0.3, 0.4) is 0 Å². The van der Waals surface area contributed by atoms with Crippen molar-refractivity contribution in [1.29, 1.82) is 0 Å². The van der Waals surface area contributed by atoms with Crippen molar-refractivity contribution >= 4 is 0 Å². The van der Waals surface area contributed by atoms with Crippen molar-refractivity contribution in [2.24, 2.45) is 0 Å². The second-order valence-electron chi connectivity index (χ2n) is 2.96. The van der Waals surface area contributed by atoms with Crippen LogP contribution in [0.4, 0.5) is 0 Å². The number of rotatable bonds is 1. The molecule has 0 saturated carbocycles. The van der Waals surface area contributed by atoms with Gasteiger partial charge < -0.3 is 11.9 Å². The van der Waals surface area contributed by atoms with Crippen LogP contribution in [0.1, 0.15) is 12.8 Å². The fourth-order valence-electron chi connectivity index (χ4n) is 1.55. The average molecular weight is 246 g/mol. The smallest absolute Gasteiger partial charge is 0 e. The summed E-state index contributed by atoms with van der Waals surface area (Å²) in [6.45, 7) is 6.38. The van der Waals surface area contributed by atoms with Gasteiger partial charge in [0, 0.05) is 32.7 Å². The Morgan fingerprint density at radius 2 is 2.31 bits per heavy atom. The predicted molar refractivity (Wildman–Crippen MR) is 49.0 cm³/mol. The van der Waals surface area contributed by atoms with Gasteiger partial charge in [-0.15, -0.1) is 11.6 Å². The monoisotopic (exact) mass is 246 g/mol. The van der Waals surface area contributed by atoms with Gasteiger partial charge in [0.15, 0.2) is 0 Å². The number of allylic oxidation sites excluding steroid dienone is 5. The summed E-state index contributed by atoms with van der Waals surface area (Å²) in [5, 5.41) is 3.20. The Balaban J connectivity index is 0.000000845. The summed E-state index contributed by atoms with van der Waals surface area (Å²) in [4.78, 5) is 0. The van der Waals surface area contributed by atoms with Crippen LogP contribution in [-0.2, 0) is 32.7 Å². The molecule has 0 spiro atoms. The molecule has 1 aliphatic carbocycles. The first-order valence-corrected chi connectivity index (χ1v) is 4.22. The Bertz CT molecular complexity index is 297. The first kappa shape index (κ1) is 10.9. The minimum absolute atomic E-state index is 0. The van der Waals surface area contributed by atoms with Crippen LogP contribution in [0.5, 0.6) is 0 Å². The molecule has 1 nitrogen and oxygen atoms in total. The summed E-state index contributed by atoms with van der Waals surface area (Å²) in [6, 6.07) is 0. The zero-order valence-electron chi connectivity index (χ0n) is 7.51. The van der Waals surface area contributed by atoms with Crippen LogP contribution < -0.4 is 5.32 Å². The Hall–Kier alpha value is -0.136. The van der Waals surface area contributed by atoms with E-state index in [0.717, 1.165) is 25.1 Å². The summed E-state index contributed by atoms with van der Waals surface area (Å²) in [5.41, 5.74) is 3.53. The van der Waals surface area contributed by atoms with E-state index in [9.17, 15) is 0 Å². The van der Waals surface area contributed by atoms with Gasteiger partial charge in [-0.05, 0) is 13.0 Å². The first-order valence-electron chi connectivity index (χ1n) is 4.22. The van der Waals surface area contributed by atoms with Crippen molar-refractivity contribution in [2.45, 2.75) is 12.8 Å². The van der Waals surface area contributed by atoms with Gasteiger partial charge in [0.05, 0.1) is 0 Å². The van der Waals surface area contributed by atoms with E-state index in [-0.39, 0.29) is 32.7 Å². The van der Waals surface area contributed by atoms with Crippen LogP contribution >= 0.6 is 0 Å². The van der Waals surface area contributed by atoms with E-state index in [1.54, 1.807) is 6.08 Å². The predicted octanol–water partition coefficient (Wildman–Crippen LogP) is 1.91. The molecule has 0 saturated heterocycles. The van der Waals surface area contributed by atoms with Gasteiger partial charge in [-0.25, -0.2) is 11.8 Å². The fourth-order valence-corrected chi connectivity index (χ4v) is 1.55.